The van der Waals surface area contributed by atoms with E-state index in [9.17, 15) is 4.79 Å². The third kappa shape index (κ3) is 1.13. The molecule has 3 rings (SSSR count). The van der Waals surface area contributed by atoms with E-state index >= 15 is 0 Å². The Hall–Kier alpha value is -1.88. The number of aromatic nitrogens is 1. The van der Waals surface area contributed by atoms with E-state index in [1.807, 2.05) is 12.1 Å². The van der Waals surface area contributed by atoms with Crippen molar-refractivity contribution in [2.24, 2.45) is 0 Å². The van der Waals surface area contributed by atoms with Crippen LogP contribution in [0, 0.1) is 0 Å². The smallest absolute Gasteiger partial charge is 0.371 e. The normalized spacial score (nSPS) is 11.2. The predicted molar refractivity (Wildman–Crippen MR) is 56.4 cm³/mol. The van der Waals surface area contributed by atoms with Gasteiger partial charge in [0, 0.05) is 5.39 Å². The summed E-state index contributed by atoms with van der Waals surface area (Å²) in [6.07, 6.45) is 0. The lowest BCUT2D eigenvalue weighted by Crippen LogP contribution is -1.91. The topological polar surface area (TPSA) is 63.3 Å². The quantitative estimate of drug-likeness (QED) is 0.683. The number of hydrogen-bond acceptors (Lipinski definition) is 4. The molecule has 0 fully saturated rings. The molecule has 0 radical (unpaired) electrons. The van der Waals surface area contributed by atoms with Crippen molar-refractivity contribution in [1.29, 1.82) is 0 Å². The number of benzene rings is 1. The van der Waals surface area contributed by atoms with Gasteiger partial charge < -0.3 is 9.52 Å². The van der Waals surface area contributed by atoms with Gasteiger partial charge in [0.1, 0.15) is 5.52 Å². The number of thiazole rings is 1. The summed E-state index contributed by atoms with van der Waals surface area (Å²) < 4.78 is 6.24. The second kappa shape index (κ2) is 2.80. The molecule has 5 heteroatoms. The molecule has 74 valence electrons. The Morgan fingerprint density at radius 2 is 2.33 bits per heavy atom. The third-order valence-corrected chi connectivity index (χ3v) is 2.99. The molecule has 0 spiro atoms. The highest BCUT2D eigenvalue weighted by Crippen LogP contribution is 2.29. The number of carboxylic acid groups (broad SMARTS) is 1. The van der Waals surface area contributed by atoms with Crippen LogP contribution in [0.2, 0.25) is 0 Å². The van der Waals surface area contributed by atoms with E-state index in [0.717, 1.165) is 15.6 Å². The molecular formula is C10H5NO3S. The molecule has 2 aromatic heterocycles. The first-order valence-electron chi connectivity index (χ1n) is 4.25. The van der Waals surface area contributed by atoms with Crippen LogP contribution in [0.15, 0.2) is 28.1 Å². The van der Waals surface area contributed by atoms with Gasteiger partial charge in [0.15, 0.2) is 5.58 Å². The van der Waals surface area contributed by atoms with Crippen molar-refractivity contribution in [3.05, 3.63) is 29.5 Å². The summed E-state index contributed by atoms with van der Waals surface area (Å²) in [6.45, 7) is 0. The van der Waals surface area contributed by atoms with Gasteiger partial charge in [-0.25, -0.2) is 9.78 Å². The van der Waals surface area contributed by atoms with E-state index in [1.54, 1.807) is 5.51 Å². The molecule has 2 heterocycles. The molecule has 0 saturated heterocycles. The molecule has 0 amide bonds. The standard InChI is InChI=1S/C10H5NO3S/c12-10(13)6-3-5-1-2-7-8(9(5)14-6)11-4-15-7/h1-4H,(H,12,13). The van der Waals surface area contributed by atoms with Crippen LogP contribution in [0.3, 0.4) is 0 Å². The zero-order valence-electron chi connectivity index (χ0n) is 7.43. The fourth-order valence-electron chi connectivity index (χ4n) is 1.53. The number of fused-ring (bicyclic) bond motifs is 3. The molecule has 1 aromatic carbocycles. The number of hydrogen-bond donors (Lipinski definition) is 1. The number of carbonyl (C=O) groups is 1. The van der Waals surface area contributed by atoms with Crippen molar-refractivity contribution < 1.29 is 14.3 Å². The first kappa shape index (κ1) is 8.43. The number of carboxylic acids is 1. The predicted octanol–water partition coefficient (Wildman–Crippen LogP) is 2.74. The summed E-state index contributed by atoms with van der Waals surface area (Å²) in [5.74, 6) is -1.11. The number of aromatic carboxylic acids is 1. The summed E-state index contributed by atoms with van der Waals surface area (Å²) in [6, 6.07) is 5.26. The lowest BCUT2D eigenvalue weighted by atomic mass is 10.2. The van der Waals surface area contributed by atoms with E-state index < -0.39 is 5.97 Å². The molecule has 0 bridgehead atoms. The van der Waals surface area contributed by atoms with Crippen LogP contribution in [0.5, 0.6) is 0 Å². The Bertz CT molecular complexity index is 667. The molecular weight excluding hydrogens is 214 g/mol. The van der Waals surface area contributed by atoms with Crippen LogP contribution >= 0.6 is 11.3 Å². The minimum Gasteiger partial charge on any atom is -0.475 e. The second-order valence-electron chi connectivity index (χ2n) is 3.10. The fraction of sp³-hybridized carbons (Fsp3) is 0. The molecule has 0 unspecified atom stereocenters. The van der Waals surface area contributed by atoms with Crippen LogP contribution < -0.4 is 0 Å². The maximum Gasteiger partial charge on any atom is 0.371 e. The van der Waals surface area contributed by atoms with E-state index in [4.69, 9.17) is 9.52 Å². The monoisotopic (exact) mass is 219 g/mol. The molecule has 4 nitrogen and oxygen atoms in total. The molecule has 0 aliphatic carbocycles. The van der Waals surface area contributed by atoms with Gasteiger partial charge >= 0.3 is 5.97 Å². The largest absolute Gasteiger partial charge is 0.475 e. The minimum atomic E-state index is -1.06. The highest BCUT2D eigenvalue weighted by atomic mass is 32.1. The molecule has 1 N–H and O–H groups in total. The Balaban J connectivity index is 2.46. The summed E-state index contributed by atoms with van der Waals surface area (Å²) in [4.78, 5) is 14.9. The minimum absolute atomic E-state index is 0.0505. The second-order valence-corrected chi connectivity index (χ2v) is 3.99. The molecule has 15 heavy (non-hydrogen) atoms. The van der Waals surface area contributed by atoms with Gasteiger partial charge in [-0.2, -0.15) is 0 Å². The number of furan rings is 1. The van der Waals surface area contributed by atoms with E-state index in [0.29, 0.717) is 5.58 Å². The maximum atomic E-state index is 10.7. The van der Waals surface area contributed by atoms with Gasteiger partial charge in [0.05, 0.1) is 10.2 Å². The lowest BCUT2D eigenvalue weighted by Gasteiger charge is -1.88. The molecule has 0 aliphatic rings. The van der Waals surface area contributed by atoms with E-state index in [2.05, 4.69) is 4.98 Å². The Labute approximate surface area is 87.8 Å². The Morgan fingerprint density at radius 1 is 1.47 bits per heavy atom. The van der Waals surface area contributed by atoms with Crippen LogP contribution in [-0.2, 0) is 0 Å². The third-order valence-electron chi connectivity index (χ3n) is 2.20. The van der Waals surface area contributed by atoms with Crippen LogP contribution in [0.1, 0.15) is 10.6 Å². The van der Waals surface area contributed by atoms with E-state index in [-0.39, 0.29) is 5.76 Å². The molecule has 0 saturated carbocycles. The molecule has 0 atom stereocenters. The van der Waals surface area contributed by atoms with E-state index in [1.165, 1.54) is 17.4 Å². The van der Waals surface area contributed by atoms with Crippen molar-refractivity contribution in [3.8, 4) is 0 Å². The summed E-state index contributed by atoms with van der Waals surface area (Å²) >= 11 is 1.50. The van der Waals surface area contributed by atoms with Gasteiger partial charge in [0.2, 0.25) is 5.76 Å². The Kier molecular flexibility index (Phi) is 1.58. The number of rotatable bonds is 1. The van der Waals surface area contributed by atoms with Gasteiger partial charge in [0.25, 0.3) is 0 Å². The Morgan fingerprint density at radius 3 is 3.13 bits per heavy atom. The van der Waals surface area contributed by atoms with Crippen molar-refractivity contribution >= 4 is 38.5 Å². The first-order valence-corrected chi connectivity index (χ1v) is 5.13. The van der Waals surface area contributed by atoms with Crippen LogP contribution in [0.4, 0.5) is 0 Å². The average molecular weight is 219 g/mol. The summed E-state index contributed by atoms with van der Waals surface area (Å²) in [7, 11) is 0. The maximum absolute atomic E-state index is 10.7. The lowest BCUT2D eigenvalue weighted by molar-refractivity contribution is 0.0665. The SMILES string of the molecule is O=C(O)c1cc2ccc3scnc3c2o1. The van der Waals surface area contributed by atoms with Gasteiger partial charge in [-0.15, -0.1) is 11.3 Å². The zero-order valence-corrected chi connectivity index (χ0v) is 8.25. The van der Waals surface area contributed by atoms with Gasteiger partial charge in [-0.3, -0.25) is 0 Å². The molecule has 3 aromatic rings. The summed E-state index contributed by atoms with van der Waals surface area (Å²) in [5.41, 5.74) is 2.99. The fourth-order valence-corrected chi connectivity index (χ4v) is 2.20. The van der Waals surface area contributed by atoms with Gasteiger partial charge in [-0.1, -0.05) is 0 Å². The van der Waals surface area contributed by atoms with Crippen molar-refractivity contribution in [3.63, 3.8) is 0 Å². The summed E-state index contributed by atoms with van der Waals surface area (Å²) in [5, 5.41) is 9.57. The van der Waals surface area contributed by atoms with Crippen LogP contribution in [-0.4, -0.2) is 16.1 Å². The van der Waals surface area contributed by atoms with Crippen molar-refractivity contribution in [1.82, 2.24) is 4.98 Å². The first-order chi connectivity index (χ1) is 7.25. The van der Waals surface area contributed by atoms with Crippen molar-refractivity contribution in [2.45, 2.75) is 0 Å². The zero-order chi connectivity index (χ0) is 10.4. The molecule has 0 aliphatic heterocycles. The highest BCUT2D eigenvalue weighted by Gasteiger charge is 2.13. The highest BCUT2D eigenvalue weighted by molar-refractivity contribution is 7.16. The van der Waals surface area contributed by atoms with Crippen LogP contribution in [0.25, 0.3) is 21.2 Å². The van der Waals surface area contributed by atoms with Gasteiger partial charge in [-0.05, 0) is 18.2 Å². The van der Waals surface area contributed by atoms with Crippen molar-refractivity contribution in [2.75, 3.05) is 0 Å². The number of nitrogens with zero attached hydrogens (tertiary/aromatic N) is 1. The average Bonchev–Trinajstić information content (AvgIpc) is 2.82.